The fourth-order valence-electron chi connectivity index (χ4n) is 1.55. The topological polar surface area (TPSA) is 69.2 Å². The van der Waals surface area contributed by atoms with Crippen molar-refractivity contribution in [2.24, 2.45) is 0 Å². The second-order valence-corrected chi connectivity index (χ2v) is 4.01. The molecule has 0 radical (unpaired) electrons. The van der Waals surface area contributed by atoms with Crippen LogP contribution in [0.25, 0.3) is 0 Å². The van der Waals surface area contributed by atoms with Crippen LogP contribution in [0.1, 0.15) is 23.6 Å². The summed E-state index contributed by atoms with van der Waals surface area (Å²) in [4.78, 5) is 21.4. The summed E-state index contributed by atoms with van der Waals surface area (Å²) in [6, 6.07) is 4.93. The van der Waals surface area contributed by atoms with Crippen molar-refractivity contribution in [2.45, 2.75) is 25.6 Å². The minimum atomic E-state index is -5.06. The predicted molar refractivity (Wildman–Crippen MR) is 57.7 cm³/mol. The number of benzene rings is 1. The van der Waals surface area contributed by atoms with Gasteiger partial charge in [-0.05, 0) is 12.5 Å². The van der Waals surface area contributed by atoms with Gasteiger partial charge in [0.15, 0.2) is 0 Å². The summed E-state index contributed by atoms with van der Waals surface area (Å²) in [5.41, 5.74) is 1.02. The van der Waals surface area contributed by atoms with E-state index >= 15 is 0 Å². The second-order valence-electron chi connectivity index (χ2n) is 4.01. The molecule has 1 aromatic rings. The molecule has 0 saturated carbocycles. The summed E-state index contributed by atoms with van der Waals surface area (Å²) < 4.78 is 36.5. The molecule has 4 nitrogen and oxygen atoms in total. The number of carbonyl (C=O) groups excluding carboxylic acids is 2. The zero-order valence-electron chi connectivity index (χ0n) is 9.95. The van der Waals surface area contributed by atoms with Crippen LogP contribution in [0.15, 0.2) is 24.3 Å². The van der Waals surface area contributed by atoms with Crippen LogP contribution in [0.3, 0.4) is 0 Å². The number of carboxylic acids is 1. The van der Waals surface area contributed by atoms with E-state index in [1.165, 1.54) is 12.1 Å². The Kier molecular flexibility index (Phi) is 4.52. The summed E-state index contributed by atoms with van der Waals surface area (Å²) >= 11 is 0. The van der Waals surface area contributed by atoms with E-state index in [4.69, 9.17) is 0 Å². The highest BCUT2D eigenvalue weighted by Crippen LogP contribution is 2.21. The van der Waals surface area contributed by atoms with Crippen LogP contribution in [0, 0.1) is 6.92 Å². The lowest BCUT2D eigenvalue weighted by Gasteiger charge is -2.20. The molecular weight excluding hydrogens is 263 g/mol. The van der Waals surface area contributed by atoms with Crippen molar-refractivity contribution in [1.82, 2.24) is 5.32 Å². The molecule has 19 heavy (non-hydrogen) atoms. The first kappa shape index (κ1) is 15.0. The normalized spacial score (nSPS) is 12.8. The van der Waals surface area contributed by atoms with Crippen LogP contribution in [0.5, 0.6) is 0 Å². The van der Waals surface area contributed by atoms with Crippen LogP contribution in [0.4, 0.5) is 13.2 Å². The van der Waals surface area contributed by atoms with Gasteiger partial charge in [-0.1, -0.05) is 29.8 Å². The maximum Gasteiger partial charge on any atom is 0.471 e. The fourth-order valence-corrected chi connectivity index (χ4v) is 1.55. The first-order valence-corrected chi connectivity index (χ1v) is 5.34. The Morgan fingerprint density at radius 1 is 1.37 bits per heavy atom. The van der Waals surface area contributed by atoms with E-state index in [0.717, 1.165) is 5.56 Å². The van der Waals surface area contributed by atoms with Crippen molar-refractivity contribution in [3.8, 4) is 0 Å². The van der Waals surface area contributed by atoms with Gasteiger partial charge in [0, 0.05) is 12.4 Å². The molecule has 0 aliphatic rings. The Morgan fingerprint density at radius 3 is 2.47 bits per heavy atom. The number of nitrogens with one attached hydrogen (secondary N) is 1. The van der Waals surface area contributed by atoms with Crippen molar-refractivity contribution in [3.05, 3.63) is 35.4 Å². The first-order chi connectivity index (χ1) is 8.70. The molecule has 1 atom stereocenters. The van der Waals surface area contributed by atoms with Crippen molar-refractivity contribution in [3.63, 3.8) is 0 Å². The third-order valence-corrected chi connectivity index (χ3v) is 2.38. The molecule has 0 fully saturated rings. The third kappa shape index (κ3) is 4.61. The minimum Gasteiger partial charge on any atom is -0.550 e. The SMILES string of the molecule is Cc1cccc([C@@H](CC(=O)[O-])NC(=O)C(F)(F)F)c1. The van der Waals surface area contributed by atoms with Gasteiger partial charge < -0.3 is 15.2 Å². The van der Waals surface area contributed by atoms with Gasteiger partial charge in [-0.15, -0.1) is 0 Å². The molecule has 1 amide bonds. The zero-order valence-corrected chi connectivity index (χ0v) is 9.95. The number of hydrogen-bond donors (Lipinski definition) is 1. The molecule has 0 bridgehead atoms. The summed E-state index contributed by atoms with van der Waals surface area (Å²) in [5, 5.41) is 12.2. The molecule has 104 valence electrons. The van der Waals surface area contributed by atoms with E-state index < -0.39 is 30.5 Å². The Bertz CT molecular complexity index is 485. The smallest absolute Gasteiger partial charge is 0.471 e. The lowest BCUT2D eigenvalue weighted by atomic mass is 10.0. The van der Waals surface area contributed by atoms with Crippen LogP contribution >= 0.6 is 0 Å². The highest BCUT2D eigenvalue weighted by atomic mass is 19.4. The molecule has 0 saturated heterocycles. The van der Waals surface area contributed by atoms with Crippen molar-refractivity contribution in [1.29, 1.82) is 0 Å². The van der Waals surface area contributed by atoms with E-state index in [2.05, 4.69) is 0 Å². The van der Waals surface area contributed by atoms with E-state index in [0.29, 0.717) is 0 Å². The summed E-state index contributed by atoms with van der Waals surface area (Å²) in [6.45, 7) is 1.70. The molecule has 0 spiro atoms. The van der Waals surface area contributed by atoms with E-state index in [1.807, 2.05) is 0 Å². The molecule has 1 rings (SSSR count). The van der Waals surface area contributed by atoms with Gasteiger partial charge in [0.05, 0.1) is 6.04 Å². The van der Waals surface area contributed by atoms with E-state index in [1.54, 1.807) is 24.4 Å². The van der Waals surface area contributed by atoms with E-state index in [9.17, 15) is 27.9 Å². The number of carbonyl (C=O) groups is 2. The molecule has 0 unspecified atom stereocenters. The number of rotatable bonds is 4. The maximum atomic E-state index is 12.2. The largest absolute Gasteiger partial charge is 0.550 e. The van der Waals surface area contributed by atoms with Gasteiger partial charge in [-0.3, -0.25) is 4.79 Å². The number of amides is 1. The Morgan fingerprint density at radius 2 is 2.00 bits per heavy atom. The standard InChI is InChI=1S/C12H12F3NO3/c1-7-3-2-4-8(5-7)9(6-10(17)18)16-11(19)12(13,14)15/h2-5,9H,6H2,1H3,(H,16,19)(H,17,18)/p-1/t9-/m1/s1. The number of hydrogen-bond acceptors (Lipinski definition) is 3. The highest BCUT2D eigenvalue weighted by Gasteiger charge is 2.39. The molecule has 0 aliphatic heterocycles. The number of alkyl halides is 3. The summed E-state index contributed by atoms with van der Waals surface area (Å²) in [7, 11) is 0. The van der Waals surface area contributed by atoms with Gasteiger partial charge in [-0.25, -0.2) is 0 Å². The van der Waals surface area contributed by atoms with E-state index in [-0.39, 0.29) is 5.56 Å². The lowest BCUT2D eigenvalue weighted by Crippen LogP contribution is -2.41. The predicted octanol–water partition coefficient (Wildman–Crippen LogP) is 0.855. The third-order valence-electron chi connectivity index (χ3n) is 2.38. The first-order valence-electron chi connectivity index (χ1n) is 5.34. The van der Waals surface area contributed by atoms with Gasteiger partial charge in [0.2, 0.25) is 0 Å². The molecule has 1 N–H and O–H groups in total. The van der Waals surface area contributed by atoms with Crippen LogP contribution < -0.4 is 10.4 Å². The Labute approximate surface area is 107 Å². The Hall–Kier alpha value is -2.05. The van der Waals surface area contributed by atoms with Crippen molar-refractivity contribution >= 4 is 11.9 Å². The number of halogens is 3. The monoisotopic (exact) mass is 274 g/mol. The molecule has 1 aromatic carbocycles. The second kappa shape index (κ2) is 5.73. The van der Waals surface area contributed by atoms with Gasteiger partial charge in [0.1, 0.15) is 0 Å². The average Bonchev–Trinajstić information content (AvgIpc) is 2.26. The van der Waals surface area contributed by atoms with Crippen LogP contribution in [-0.2, 0) is 9.59 Å². The molecule has 0 heterocycles. The molecule has 0 aliphatic carbocycles. The summed E-state index contributed by atoms with van der Waals surface area (Å²) in [6.07, 6.45) is -5.79. The van der Waals surface area contributed by atoms with Crippen molar-refractivity contribution < 1.29 is 27.9 Å². The number of aliphatic carboxylic acids is 1. The summed E-state index contributed by atoms with van der Waals surface area (Å²) in [5.74, 6) is -3.73. The zero-order chi connectivity index (χ0) is 14.6. The molecular formula is C12H11F3NO3-. The van der Waals surface area contributed by atoms with Gasteiger partial charge in [0.25, 0.3) is 0 Å². The fraction of sp³-hybridized carbons (Fsp3) is 0.333. The van der Waals surface area contributed by atoms with Crippen molar-refractivity contribution in [2.75, 3.05) is 0 Å². The van der Waals surface area contributed by atoms with Gasteiger partial charge in [-0.2, -0.15) is 13.2 Å². The minimum absolute atomic E-state index is 0.279. The molecule has 0 aromatic heterocycles. The highest BCUT2D eigenvalue weighted by molar-refractivity contribution is 5.82. The maximum absolute atomic E-state index is 12.2. The van der Waals surface area contributed by atoms with Crippen LogP contribution in [-0.4, -0.2) is 18.1 Å². The van der Waals surface area contributed by atoms with Gasteiger partial charge >= 0.3 is 12.1 Å². The average molecular weight is 274 g/mol. The van der Waals surface area contributed by atoms with Crippen LogP contribution in [0.2, 0.25) is 0 Å². The lowest BCUT2D eigenvalue weighted by molar-refractivity contribution is -0.306. The number of carboxylic acid groups (broad SMARTS) is 1. The quantitative estimate of drug-likeness (QED) is 0.885. The number of aryl methyl sites for hydroxylation is 1. The Balaban J connectivity index is 2.96. The molecule has 7 heteroatoms.